The zero-order valence-electron chi connectivity index (χ0n) is 17.3. The van der Waals surface area contributed by atoms with Crippen LogP contribution in [0.5, 0.6) is 5.75 Å². The third-order valence-corrected chi connectivity index (χ3v) is 4.92. The number of fused-ring (bicyclic) bond motifs is 1. The highest BCUT2D eigenvalue weighted by Crippen LogP contribution is 2.38. The van der Waals surface area contributed by atoms with Crippen LogP contribution in [-0.4, -0.2) is 21.2 Å². The number of rotatable bonds is 5. The van der Waals surface area contributed by atoms with Crippen LogP contribution in [0.1, 0.15) is 23.9 Å². The van der Waals surface area contributed by atoms with E-state index in [0.717, 1.165) is 22.8 Å². The lowest BCUT2D eigenvalue weighted by molar-refractivity contribution is -0.136. The molecule has 8 heteroatoms. The Morgan fingerprint density at radius 1 is 1.00 bits per heavy atom. The molecule has 2 aromatic heterocycles. The first kappa shape index (κ1) is 20.7. The molecule has 0 saturated carbocycles. The van der Waals surface area contributed by atoms with Crippen molar-refractivity contribution in [2.24, 2.45) is 0 Å². The van der Waals surface area contributed by atoms with E-state index in [1.165, 1.54) is 12.1 Å². The predicted molar refractivity (Wildman–Crippen MR) is 114 cm³/mol. The van der Waals surface area contributed by atoms with Crippen molar-refractivity contribution in [1.82, 2.24) is 14.6 Å². The quantitative estimate of drug-likeness (QED) is 0.414. The molecule has 0 bridgehead atoms. The zero-order chi connectivity index (χ0) is 22.2. The summed E-state index contributed by atoms with van der Waals surface area (Å²) in [5, 5.41) is 11.2. The van der Waals surface area contributed by atoms with Crippen LogP contribution in [0, 0.1) is 13.8 Å². The maximum atomic E-state index is 13.5. The number of nitrogens with zero attached hydrogens (tertiary/aromatic N) is 3. The van der Waals surface area contributed by atoms with Gasteiger partial charge in [0.2, 0.25) is 0 Å². The van der Waals surface area contributed by atoms with E-state index in [-0.39, 0.29) is 5.69 Å². The van der Waals surface area contributed by atoms with Crippen LogP contribution in [0.3, 0.4) is 0 Å². The summed E-state index contributed by atoms with van der Waals surface area (Å²) in [6.07, 6.45) is -2.62. The smallest absolute Gasteiger partial charge is 0.418 e. The first-order valence-corrected chi connectivity index (χ1v) is 9.80. The van der Waals surface area contributed by atoms with Gasteiger partial charge in [-0.25, -0.2) is 0 Å². The fourth-order valence-electron chi connectivity index (χ4n) is 3.48. The number of benzene rings is 2. The number of pyridine rings is 1. The Bertz CT molecular complexity index is 1250. The van der Waals surface area contributed by atoms with E-state index in [4.69, 9.17) is 4.74 Å². The fraction of sp³-hybridized carbons (Fsp3) is 0.217. The summed E-state index contributed by atoms with van der Waals surface area (Å²) in [5.41, 5.74) is 2.70. The van der Waals surface area contributed by atoms with Crippen LogP contribution in [-0.2, 0) is 6.18 Å². The van der Waals surface area contributed by atoms with Gasteiger partial charge in [0, 0.05) is 17.3 Å². The van der Waals surface area contributed by atoms with Gasteiger partial charge in [0.15, 0.2) is 5.65 Å². The lowest BCUT2D eigenvalue weighted by atomic mass is 10.0. The lowest BCUT2D eigenvalue weighted by Crippen LogP contribution is -2.09. The molecule has 0 spiro atoms. The van der Waals surface area contributed by atoms with Gasteiger partial charge in [0.25, 0.3) is 0 Å². The zero-order valence-corrected chi connectivity index (χ0v) is 17.3. The van der Waals surface area contributed by atoms with Gasteiger partial charge < -0.3 is 10.1 Å². The molecule has 4 rings (SSSR count). The summed E-state index contributed by atoms with van der Waals surface area (Å²) in [4.78, 5) is 0. The minimum Gasteiger partial charge on any atom is -0.493 e. The highest BCUT2D eigenvalue weighted by Gasteiger charge is 2.33. The van der Waals surface area contributed by atoms with Gasteiger partial charge in [-0.2, -0.15) is 13.2 Å². The van der Waals surface area contributed by atoms with Crippen LogP contribution in [0.4, 0.5) is 24.5 Å². The Hall–Kier alpha value is -3.55. The SMILES string of the molecule is CCOc1ccc(C)cc1-c1cc(Nc2ccccc2C(F)(F)F)c2nnc(C)n2c1. The molecule has 0 saturated heterocycles. The van der Waals surface area contributed by atoms with Gasteiger partial charge in [-0.3, -0.25) is 4.40 Å². The molecule has 0 radical (unpaired) electrons. The van der Waals surface area contributed by atoms with Gasteiger partial charge in [0.05, 0.1) is 23.5 Å². The van der Waals surface area contributed by atoms with E-state index in [1.807, 2.05) is 38.2 Å². The second kappa shape index (κ2) is 7.94. The van der Waals surface area contributed by atoms with Crippen molar-refractivity contribution in [3.05, 3.63) is 71.7 Å². The molecular weight excluding hydrogens is 405 g/mol. The topological polar surface area (TPSA) is 51.5 Å². The maximum absolute atomic E-state index is 13.5. The number of hydrogen-bond acceptors (Lipinski definition) is 4. The van der Waals surface area contributed by atoms with Gasteiger partial charge >= 0.3 is 6.18 Å². The van der Waals surface area contributed by atoms with Crippen LogP contribution >= 0.6 is 0 Å². The minimum atomic E-state index is -4.49. The number of anilines is 2. The van der Waals surface area contributed by atoms with Crippen molar-refractivity contribution in [3.8, 4) is 16.9 Å². The van der Waals surface area contributed by atoms with Crippen LogP contribution in [0.15, 0.2) is 54.7 Å². The van der Waals surface area contributed by atoms with E-state index in [2.05, 4.69) is 15.5 Å². The number of hydrogen-bond donors (Lipinski definition) is 1. The second-order valence-electron chi connectivity index (χ2n) is 7.18. The van der Waals surface area contributed by atoms with E-state index in [1.54, 1.807) is 23.5 Å². The van der Waals surface area contributed by atoms with Crippen molar-refractivity contribution in [2.45, 2.75) is 26.9 Å². The largest absolute Gasteiger partial charge is 0.493 e. The molecule has 2 aromatic carbocycles. The van der Waals surface area contributed by atoms with E-state index >= 15 is 0 Å². The monoisotopic (exact) mass is 426 g/mol. The molecule has 0 fully saturated rings. The summed E-state index contributed by atoms with van der Waals surface area (Å²) in [6.45, 7) is 6.16. The second-order valence-corrected chi connectivity index (χ2v) is 7.18. The molecular formula is C23H21F3N4O. The Kier molecular flexibility index (Phi) is 5.31. The van der Waals surface area contributed by atoms with Gasteiger partial charge in [-0.15, -0.1) is 10.2 Å². The Labute approximate surface area is 177 Å². The molecule has 31 heavy (non-hydrogen) atoms. The first-order chi connectivity index (χ1) is 14.8. The number of para-hydroxylation sites is 1. The summed E-state index contributed by atoms with van der Waals surface area (Å²) in [6, 6.07) is 13.0. The highest BCUT2D eigenvalue weighted by molar-refractivity contribution is 5.82. The predicted octanol–water partition coefficient (Wildman–Crippen LogP) is 6.17. The van der Waals surface area contributed by atoms with Crippen molar-refractivity contribution in [1.29, 1.82) is 0 Å². The maximum Gasteiger partial charge on any atom is 0.418 e. The standard InChI is InChI=1S/C23H21F3N4O/c1-4-31-21-10-9-14(2)11-17(21)16-12-20(22-29-28-15(3)30(22)13-16)27-19-8-6-5-7-18(19)23(24,25)26/h5-13,27H,4H2,1-3H3. The molecule has 1 N–H and O–H groups in total. The summed E-state index contributed by atoms with van der Waals surface area (Å²) < 4.78 is 48.1. The van der Waals surface area contributed by atoms with Crippen molar-refractivity contribution in [3.63, 3.8) is 0 Å². The third-order valence-electron chi connectivity index (χ3n) is 4.92. The van der Waals surface area contributed by atoms with Gasteiger partial charge in [-0.05, 0) is 51.1 Å². The third kappa shape index (κ3) is 4.05. The number of halogens is 3. The fourth-order valence-corrected chi connectivity index (χ4v) is 3.48. The molecule has 0 aliphatic rings. The van der Waals surface area contributed by atoms with Crippen LogP contribution in [0.2, 0.25) is 0 Å². The molecule has 4 aromatic rings. The average molecular weight is 426 g/mol. The molecule has 0 amide bonds. The molecule has 160 valence electrons. The molecule has 0 atom stereocenters. The highest BCUT2D eigenvalue weighted by atomic mass is 19.4. The molecule has 2 heterocycles. The summed E-state index contributed by atoms with van der Waals surface area (Å²) in [7, 11) is 0. The molecule has 0 unspecified atom stereocenters. The Morgan fingerprint density at radius 3 is 2.52 bits per heavy atom. The summed E-state index contributed by atoms with van der Waals surface area (Å²) >= 11 is 0. The van der Waals surface area contributed by atoms with Gasteiger partial charge in [0.1, 0.15) is 11.6 Å². The lowest BCUT2D eigenvalue weighted by Gasteiger charge is -2.17. The number of nitrogens with one attached hydrogen (secondary N) is 1. The van der Waals surface area contributed by atoms with E-state index in [0.29, 0.717) is 29.5 Å². The van der Waals surface area contributed by atoms with Crippen molar-refractivity contribution >= 4 is 17.0 Å². The number of alkyl halides is 3. The van der Waals surface area contributed by atoms with Crippen LogP contribution in [0.25, 0.3) is 16.8 Å². The van der Waals surface area contributed by atoms with Gasteiger partial charge in [-0.1, -0.05) is 23.8 Å². The van der Waals surface area contributed by atoms with E-state index in [9.17, 15) is 13.2 Å². The first-order valence-electron chi connectivity index (χ1n) is 9.80. The number of aryl methyl sites for hydroxylation is 2. The Balaban J connectivity index is 1.90. The average Bonchev–Trinajstić information content (AvgIpc) is 3.10. The van der Waals surface area contributed by atoms with Crippen LogP contribution < -0.4 is 10.1 Å². The van der Waals surface area contributed by atoms with Crippen molar-refractivity contribution < 1.29 is 17.9 Å². The normalized spacial score (nSPS) is 11.7. The Morgan fingerprint density at radius 2 is 1.77 bits per heavy atom. The minimum absolute atomic E-state index is 0.0519. The van der Waals surface area contributed by atoms with Crippen molar-refractivity contribution in [2.75, 3.05) is 11.9 Å². The molecule has 0 aliphatic heterocycles. The number of ether oxygens (including phenoxy) is 1. The molecule has 0 aliphatic carbocycles. The number of aromatic nitrogens is 3. The summed E-state index contributed by atoms with van der Waals surface area (Å²) in [5.74, 6) is 1.31. The molecule has 5 nitrogen and oxygen atoms in total. The van der Waals surface area contributed by atoms with E-state index < -0.39 is 11.7 Å².